The van der Waals surface area contributed by atoms with E-state index in [-0.39, 0.29) is 6.61 Å². The summed E-state index contributed by atoms with van der Waals surface area (Å²) in [5.74, 6) is 0.338. The van der Waals surface area contributed by atoms with Gasteiger partial charge in [0.25, 0.3) is 0 Å². The Hall–Kier alpha value is -1.01. The van der Waals surface area contributed by atoms with E-state index in [0.29, 0.717) is 16.9 Å². The van der Waals surface area contributed by atoms with Crippen molar-refractivity contribution in [1.29, 1.82) is 0 Å². The molecule has 0 radical (unpaired) electrons. The molecular weight excluding hydrogens is 379 g/mol. The molecule has 108 valence electrons. The van der Waals surface area contributed by atoms with E-state index in [4.69, 9.17) is 15.6 Å². The Labute approximate surface area is 127 Å². The first-order valence-corrected chi connectivity index (χ1v) is 7.01. The van der Waals surface area contributed by atoms with E-state index in [9.17, 15) is 10.2 Å². The molecule has 4 atom stereocenters. The number of anilines is 1. The van der Waals surface area contributed by atoms with Gasteiger partial charge in [-0.25, -0.2) is 9.97 Å². The van der Waals surface area contributed by atoms with Crippen molar-refractivity contribution in [3.05, 3.63) is 16.1 Å². The second-order valence-corrected chi connectivity index (χ2v) is 5.73. The second-order valence-electron chi connectivity index (χ2n) is 4.57. The maximum absolute atomic E-state index is 10.1. The lowest BCUT2D eigenvalue weighted by molar-refractivity contribution is -0.0509. The number of nitrogens with zero attached hydrogens (tertiary/aromatic N) is 3. The minimum absolute atomic E-state index is 0.338. The highest BCUT2D eigenvalue weighted by Gasteiger charge is 2.44. The fourth-order valence-corrected chi connectivity index (χ4v) is 3.18. The van der Waals surface area contributed by atoms with Crippen molar-refractivity contribution in [2.24, 2.45) is 0 Å². The molecule has 0 unspecified atom stereocenters. The number of aromatic nitrogens is 3. The quantitative estimate of drug-likeness (QED) is 0.495. The zero-order valence-electron chi connectivity index (χ0n) is 10.2. The van der Waals surface area contributed by atoms with E-state index in [2.05, 4.69) is 32.6 Å². The van der Waals surface area contributed by atoms with Crippen molar-refractivity contribution >= 4 is 39.4 Å². The third kappa shape index (κ3) is 1.97. The zero-order chi connectivity index (χ0) is 14.4. The minimum atomic E-state index is -1.16. The fraction of sp³-hybridized carbons (Fsp3) is 0.455. The van der Waals surface area contributed by atoms with Gasteiger partial charge in [-0.1, -0.05) is 0 Å². The van der Waals surface area contributed by atoms with Crippen LogP contribution in [-0.2, 0) is 4.74 Å². The summed E-state index contributed by atoms with van der Waals surface area (Å²) in [6, 6.07) is 0. The van der Waals surface area contributed by atoms with Crippen LogP contribution >= 0.6 is 22.6 Å². The van der Waals surface area contributed by atoms with Crippen molar-refractivity contribution in [2.45, 2.75) is 24.5 Å². The number of nitrogen functional groups attached to an aromatic ring is 1. The second kappa shape index (κ2) is 5.07. The summed E-state index contributed by atoms with van der Waals surface area (Å²) in [6.07, 6.45) is -0.928. The van der Waals surface area contributed by atoms with E-state index in [0.717, 1.165) is 3.57 Å². The molecule has 5 N–H and O–H groups in total. The lowest BCUT2D eigenvalue weighted by Crippen LogP contribution is -2.33. The highest BCUT2D eigenvalue weighted by Crippen LogP contribution is 2.34. The Morgan fingerprint density at radius 2 is 2.10 bits per heavy atom. The first-order chi connectivity index (χ1) is 9.54. The molecule has 0 saturated carbocycles. The summed E-state index contributed by atoms with van der Waals surface area (Å²) in [6.45, 7) is -0.373. The molecule has 2 aromatic heterocycles. The van der Waals surface area contributed by atoms with Gasteiger partial charge >= 0.3 is 0 Å². The van der Waals surface area contributed by atoms with E-state index in [1.165, 1.54) is 6.33 Å². The van der Waals surface area contributed by atoms with Gasteiger partial charge in [0.2, 0.25) is 0 Å². The van der Waals surface area contributed by atoms with Crippen molar-refractivity contribution < 1.29 is 20.1 Å². The molecule has 1 aliphatic heterocycles. The third-order valence-corrected chi connectivity index (χ3v) is 4.20. The molecule has 1 saturated heterocycles. The van der Waals surface area contributed by atoms with Crippen LogP contribution in [-0.4, -0.2) is 54.8 Å². The van der Waals surface area contributed by atoms with Crippen LogP contribution in [0, 0.1) is 3.57 Å². The Morgan fingerprint density at radius 1 is 1.35 bits per heavy atom. The molecule has 9 heteroatoms. The Bertz CT molecular complexity index is 649. The predicted octanol–water partition coefficient (Wildman–Crippen LogP) is -0.770. The van der Waals surface area contributed by atoms with Crippen LogP contribution in [0.4, 0.5) is 5.82 Å². The summed E-state index contributed by atoms with van der Waals surface area (Å²) in [5.41, 5.74) is 6.33. The Balaban J connectivity index is 2.10. The number of aliphatic hydroxyl groups excluding tert-OH is 3. The number of ether oxygens (including phenoxy) is 1. The number of rotatable bonds is 2. The van der Waals surface area contributed by atoms with Crippen LogP contribution in [0.3, 0.4) is 0 Å². The average molecular weight is 392 g/mol. The van der Waals surface area contributed by atoms with Crippen LogP contribution in [0.1, 0.15) is 6.23 Å². The Morgan fingerprint density at radius 3 is 2.75 bits per heavy atom. The zero-order valence-corrected chi connectivity index (χ0v) is 12.4. The summed E-state index contributed by atoms with van der Waals surface area (Å²) in [7, 11) is 0. The van der Waals surface area contributed by atoms with Crippen molar-refractivity contribution in [1.82, 2.24) is 14.5 Å². The molecule has 1 aliphatic rings. The van der Waals surface area contributed by atoms with E-state index in [1.807, 2.05) is 0 Å². The van der Waals surface area contributed by atoms with E-state index >= 15 is 0 Å². The molecule has 0 bridgehead atoms. The number of hydrogen-bond acceptors (Lipinski definition) is 7. The number of fused-ring (bicyclic) bond motifs is 1. The Kier molecular flexibility index (Phi) is 3.54. The van der Waals surface area contributed by atoms with Gasteiger partial charge in [-0.05, 0) is 22.6 Å². The molecule has 1 fully saturated rings. The maximum Gasteiger partial charge on any atom is 0.164 e. The van der Waals surface area contributed by atoms with Gasteiger partial charge in [0.15, 0.2) is 6.23 Å². The van der Waals surface area contributed by atoms with Crippen LogP contribution in [0.15, 0.2) is 12.5 Å². The summed E-state index contributed by atoms with van der Waals surface area (Å²) < 4.78 is 7.90. The fourth-order valence-electron chi connectivity index (χ4n) is 2.37. The molecule has 0 amide bonds. The predicted molar refractivity (Wildman–Crippen MR) is 77.7 cm³/mol. The standard InChI is InChI=1S/C11H13IN4O4/c12-4-1-16(10-6(4)9(13)14-3-15-10)11-8(19)7(18)5(2-17)20-11/h1,3,5,7-8,11,17-19H,2H2,(H2,13,14,15)/t5-,7+,8-,11-/m1/s1. The van der Waals surface area contributed by atoms with Crippen LogP contribution in [0.5, 0.6) is 0 Å². The number of nitrogens with two attached hydrogens (primary N) is 1. The molecule has 0 aromatic carbocycles. The molecule has 0 aliphatic carbocycles. The highest BCUT2D eigenvalue weighted by molar-refractivity contribution is 14.1. The SMILES string of the molecule is Nc1ncnc2c1c(I)cn2[C@@H]1O[C@H](CO)[C@H](O)[C@H]1O. The maximum atomic E-state index is 10.1. The lowest BCUT2D eigenvalue weighted by Gasteiger charge is -2.17. The first-order valence-electron chi connectivity index (χ1n) is 5.93. The number of aliphatic hydroxyl groups is 3. The molecule has 3 rings (SSSR count). The van der Waals surface area contributed by atoms with Gasteiger partial charge in [-0.3, -0.25) is 0 Å². The van der Waals surface area contributed by atoms with Gasteiger partial charge in [0, 0.05) is 9.77 Å². The van der Waals surface area contributed by atoms with Gasteiger partial charge in [-0.2, -0.15) is 0 Å². The third-order valence-electron chi connectivity index (χ3n) is 3.38. The van der Waals surface area contributed by atoms with Crippen LogP contribution in [0.25, 0.3) is 11.0 Å². The largest absolute Gasteiger partial charge is 0.394 e. The van der Waals surface area contributed by atoms with Gasteiger partial charge in [0.05, 0.1) is 12.0 Å². The molecule has 20 heavy (non-hydrogen) atoms. The first kappa shape index (κ1) is 13.9. The lowest BCUT2D eigenvalue weighted by atomic mass is 10.1. The molecule has 8 nitrogen and oxygen atoms in total. The van der Waals surface area contributed by atoms with Gasteiger partial charge in [0.1, 0.15) is 36.1 Å². The molecule has 0 spiro atoms. The summed E-state index contributed by atoms with van der Waals surface area (Å²) >= 11 is 2.09. The van der Waals surface area contributed by atoms with Crippen molar-refractivity contribution in [2.75, 3.05) is 12.3 Å². The monoisotopic (exact) mass is 392 g/mol. The van der Waals surface area contributed by atoms with Crippen molar-refractivity contribution in [3.8, 4) is 0 Å². The van der Waals surface area contributed by atoms with E-state index < -0.39 is 24.5 Å². The number of hydrogen-bond donors (Lipinski definition) is 4. The topological polar surface area (TPSA) is 127 Å². The average Bonchev–Trinajstić information content (AvgIpc) is 2.90. The van der Waals surface area contributed by atoms with Crippen LogP contribution < -0.4 is 5.73 Å². The van der Waals surface area contributed by atoms with Gasteiger partial charge < -0.3 is 30.4 Å². The molecular formula is C11H13IN4O4. The van der Waals surface area contributed by atoms with E-state index in [1.54, 1.807) is 10.8 Å². The molecule has 2 aromatic rings. The number of halogens is 1. The molecule has 3 heterocycles. The van der Waals surface area contributed by atoms with Gasteiger partial charge in [-0.15, -0.1) is 0 Å². The highest BCUT2D eigenvalue weighted by atomic mass is 127. The smallest absolute Gasteiger partial charge is 0.164 e. The summed E-state index contributed by atoms with van der Waals surface area (Å²) in [4.78, 5) is 8.08. The summed E-state index contributed by atoms with van der Waals surface area (Å²) in [5, 5.41) is 29.7. The minimum Gasteiger partial charge on any atom is -0.394 e. The van der Waals surface area contributed by atoms with Crippen molar-refractivity contribution in [3.63, 3.8) is 0 Å². The normalized spacial score (nSPS) is 30.2. The van der Waals surface area contributed by atoms with Crippen LogP contribution in [0.2, 0.25) is 0 Å².